The molecule has 1 saturated heterocycles. The van der Waals surface area contributed by atoms with Gasteiger partial charge in [0.15, 0.2) is 5.69 Å². The number of rotatable bonds is 5. The van der Waals surface area contributed by atoms with Gasteiger partial charge in [-0.3, -0.25) is 9.69 Å². The molecule has 0 saturated carbocycles. The number of nitrogens with one attached hydrogen (secondary N) is 1. The number of morpholine rings is 1. The zero-order chi connectivity index (χ0) is 18.6. The molecule has 27 heavy (non-hydrogen) atoms. The first-order chi connectivity index (χ1) is 13.2. The third kappa shape index (κ3) is 3.95. The van der Waals surface area contributed by atoms with E-state index in [1.54, 1.807) is 4.68 Å². The van der Waals surface area contributed by atoms with Gasteiger partial charge in [-0.2, -0.15) is 5.10 Å². The van der Waals surface area contributed by atoms with Crippen molar-refractivity contribution in [3.05, 3.63) is 46.6 Å². The summed E-state index contributed by atoms with van der Waals surface area (Å²) in [4.78, 5) is 15.1. The molecule has 1 amide bonds. The van der Waals surface area contributed by atoms with Gasteiger partial charge in [0.1, 0.15) is 5.02 Å². The Hall–Kier alpha value is -2.09. The quantitative estimate of drug-likeness (QED) is 0.847. The van der Waals surface area contributed by atoms with Gasteiger partial charge in [0, 0.05) is 32.6 Å². The first kappa shape index (κ1) is 18.3. The Balaban J connectivity index is 1.49. The fourth-order valence-electron chi connectivity index (χ4n) is 3.54. The number of aromatic nitrogens is 2. The lowest BCUT2D eigenvalue weighted by Crippen LogP contribution is -2.43. The highest BCUT2D eigenvalue weighted by atomic mass is 35.5. The van der Waals surface area contributed by atoms with E-state index in [0.29, 0.717) is 38.8 Å². The summed E-state index contributed by atoms with van der Waals surface area (Å²) in [5, 5.41) is 7.62. The molecule has 1 aromatic heterocycles. The van der Waals surface area contributed by atoms with E-state index in [1.165, 1.54) is 5.56 Å². The first-order valence-corrected chi connectivity index (χ1v) is 9.66. The van der Waals surface area contributed by atoms with Gasteiger partial charge < -0.3 is 14.8 Å². The van der Waals surface area contributed by atoms with Gasteiger partial charge in [-0.25, -0.2) is 4.68 Å². The molecule has 1 aromatic carbocycles. The fraction of sp³-hybridized carbons (Fsp3) is 0.474. The Bertz CT molecular complexity index is 790. The predicted octanol–water partition coefficient (Wildman–Crippen LogP) is 2.12. The van der Waals surface area contributed by atoms with Gasteiger partial charge in [0.2, 0.25) is 5.88 Å². The van der Waals surface area contributed by atoms with E-state index in [0.717, 1.165) is 19.5 Å². The summed E-state index contributed by atoms with van der Waals surface area (Å²) in [7, 11) is 0. The van der Waals surface area contributed by atoms with E-state index in [9.17, 15) is 4.79 Å². The molecule has 1 atom stereocenters. The van der Waals surface area contributed by atoms with Gasteiger partial charge in [-0.05, 0) is 5.56 Å². The van der Waals surface area contributed by atoms with Crippen molar-refractivity contribution >= 4 is 17.5 Å². The molecule has 3 heterocycles. The predicted molar refractivity (Wildman–Crippen MR) is 101 cm³/mol. The van der Waals surface area contributed by atoms with Crippen molar-refractivity contribution in [1.29, 1.82) is 0 Å². The maximum Gasteiger partial charge on any atom is 0.273 e. The Kier molecular flexibility index (Phi) is 5.61. The normalized spacial score (nSPS) is 18.4. The number of nitrogens with zero attached hydrogens (tertiary/aromatic N) is 3. The highest BCUT2D eigenvalue weighted by Gasteiger charge is 2.27. The molecule has 1 unspecified atom stereocenters. The second kappa shape index (κ2) is 8.29. The van der Waals surface area contributed by atoms with Crippen LogP contribution in [0.5, 0.6) is 5.88 Å². The van der Waals surface area contributed by atoms with Crippen LogP contribution in [0.1, 0.15) is 28.5 Å². The van der Waals surface area contributed by atoms with Gasteiger partial charge in [-0.15, -0.1) is 0 Å². The van der Waals surface area contributed by atoms with E-state index in [-0.39, 0.29) is 22.7 Å². The van der Waals surface area contributed by atoms with E-state index < -0.39 is 0 Å². The summed E-state index contributed by atoms with van der Waals surface area (Å²) in [5.74, 6) is 0.209. The second-order valence-electron chi connectivity index (χ2n) is 6.68. The Morgan fingerprint density at radius 2 is 1.96 bits per heavy atom. The number of halogens is 1. The van der Waals surface area contributed by atoms with Crippen LogP contribution in [-0.2, 0) is 11.3 Å². The SMILES string of the molecule is O=C(NCC(c1ccccc1)N1CCOCC1)c1nn2c(c1Cl)OCCC2. The third-order valence-corrected chi connectivity index (χ3v) is 5.29. The number of carbonyl (C=O) groups excluding carboxylic acids is 1. The Morgan fingerprint density at radius 3 is 2.70 bits per heavy atom. The van der Waals surface area contributed by atoms with Crippen LogP contribution in [0.4, 0.5) is 0 Å². The number of benzene rings is 1. The van der Waals surface area contributed by atoms with Gasteiger partial charge in [0.05, 0.1) is 25.9 Å². The molecule has 0 bridgehead atoms. The van der Waals surface area contributed by atoms with Crippen molar-refractivity contribution in [3.8, 4) is 5.88 Å². The standard InChI is InChI=1S/C19H23ClN4O3/c20-16-17(22-24-7-4-10-27-19(16)24)18(25)21-13-15(14-5-2-1-3-6-14)23-8-11-26-12-9-23/h1-3,5-6,15H,4,7-13H2,(H,21,25). The van der Waals surface area contributed by atoms with Crippen LogP contribution in [0.15, 0.2) is 30.3 Å². The number of ether oxygens (including phenoxy) is 2. The minimum atomic E-state index is -0.278. The van der Waals surface area contributed by atoms with Crippen molar-refractivity contribution in [2.45, 2.75) is 19.0 Å². The fourth-order valence-corrected chi connectivity index (χ4v) is 3.81. The lowest BCUT2D eigenvalue weighted by Gasteiger charge is -2.34. The number of hydrogen-bond donors (Lipinski definition) is 1. The number of fused-ring (bicyclic) bond motifs is 1. The highest BCUT2D eigenvalue weighted by molar-refractivity contribution is 6.34. The highest BCUT2D eigenvalue weighted by Crippen LogP contribution is 2.31. The van der Waals surface area contributed by atoms with Crippen molar-refractivity contribution in [2.75, 3.05) is 39.5 Å². The van der Waals surface area contributed by atoms with Crippen molar-refractivity contribution in [1.82, 2.24) is 20.0 Å². The topological polar surface area (TPSA) is 68.6 Å². The lowest BCUT2D eigenvalue weighted by atomic mass is 10.0. The average molecular weight is 391 g/mol. The molecule has 144 valence electrons. The minimum absolute atomic E-state index is 0.0753. The molecule has 1 fully saturated rings. The number of amides is 1. The monoisotopic (exact) mass is 390 g/mol. The molecule has 8 heteroatoms. The summed E-state index contributed by atoms with van der Waals surface area (Å²) in [5.41, 5.74) is 1.39. The van der Waals surface area contributed by atoms with Crippen LogP contribution in [0, 0.1) is 0 Å². The zero-order valence-electron chi connectivity index (χ0n) is 15.1. The van der Waals surface area contributed by atoms with Crippen LogP contribution in [0.2, 0.25) is 5.02 Å². The first-order valence-electron chi connectivity index (χ1n) is 9.28. The summed E-state index contributed by atoms with van der Waals surface area (Å²) in [6, 6.07) is 10.3. The molecule has 0 aliphatic carbocycles. The third-order valence-electron chi connectivity index (χ3n) is 4.95. The summed E-state index contributed by atoms with van der Waals surface area (Å²) in [6.45, 7) is 4.86. The molecule has 2 aliphatic rings. The van der Waals surface area contributed by atoms with E-state index in [1.807, 2.05) is 18.2 Å². The minimum Gasteiger partial charge on any atom is -0.477 e. The van der Waals surface area contributed by atoms with E-state index in [2.05, 4.69) is 27.4 Å². The van der Waals surface area contributed by atoms with E-state index in [4.69, 9.17) is 21.1 Å². The molecular weight excluding hydrogens is 368 g/mol. The van der Waals surface area contributed by atoms with Crippen LogP contribution < -0.4 is 10.1 Å². The van der Waals surface area contributed by atoms with Crippen molar-refractivity contribution in [3.63, 3.8) is 0 Å². The zero-order valence-corrected chi connectivity index (χ0v) is 15.8. The largest absolute Gasteiger partial charge is 0.477 e. The van der Waals surface area contributed by atoms with Crippen LogP contribution in [-0.4, -0.2) is 60.0 Å². The second-order valence-corrected chi connectivity index (χ2v) is 7.06. The van der Waals surface area contributed by atoms with Gasteiger partial charge in [-0.1, -0.05) is 41.9 Å². The average Bonchev–Trinajstić information content (AvgIpc) is 3.07. The molecule has 4 rings (SSSR count). The van der Waals surface area contributed by atoms with Crippen molar-refractivity contribution < 1.29 is 14.3 Å². The molecular formula is C19H23ClN4O3. The molecule has 2 aromatic rings. The Labute approximate surface area is 163 Å². The van der Waals surface area contributed by atoms with Crippen LogP contribution >= 0.6 is 11.6 Å². The Morgan fingerprint density at radius 1 is 1.19 bits per heavy atom. The van der Waals surface area contributed by atoms with Crippen LogP contribution in [0.3, 0.4) is 0 Å². The van der Waals surface area contributed by atoms with Gasteiger partial charge >= 0.3 is 0 Å². The van der Waals surface area contributed by atoms with E-state index >= 15 is 0 Å². The maximum absolute atomic E-state index is 12.7. The van der Waals surface area contributed by atoms with Crippen molar-refractivity contribution in [2.24, 2.45) is 0 Å². The summed E-state index contributed by atoms with van der Waals surface area (Å²) in [6.07, 6.45) is 0.860. The number of aryl methyl sites for hydroxylation is 1. The summed E-state index contributed by atoms with van der Waals surface area (Å²) >= 11 is 6.32. The number of hydrogen-bond acceptors (Lipinski definition) is 5. The van der Waals surface area contributed by atoms with Gasteiger partial charge in [0.25, 0.3) is 5.91 Å². The molecule has 0 spiro atoms. The molecule has 0 radical (unpaired) electrons. The molecule has 1 N–H and O–H groups in total. The van der Waals surface area contributed by atoms with Crippen LogP contribution in [0.25, 0.3) is 0 Å². The smallest absolute Gasteiger partial charge is 0.273 e. The lowest BCUT2D eigenvalue weighted by molar-refractivity contribution is 0.0162. The molecule has 7 nitrogen and oxygen atoms in total. The molecule has 2 aliphatic heterocycles. The number of carbonyl (C=O) groups is 1. The summed E-state index contributed by atoms with van der Waals surface area (Å²) < 4.78 is 12.7. The maximum atomic E-state index is 12.7.